The second-order valence-corrected chi connectivity index (χ2v) is 4.42. The summed E-state index contributed by atoms with van der Waals surface area (Å²) in [5, 5.41) is 11.6. The predicted molar refractivity (Wildman–Crippen MR) is 93.6 cm³/mol. The fourth-order valence-electron chi connectivity index (χ4n) is 1.25. The Morgan fingerprint density at radius 3 is 2.57 bits per heavy atom. The van der Waals surface area contributed by atoms with Crippen molar-refractivity contribution in [1.82, 2.24) is 16.2 Å². The minimum atomic E-state index is 0.208. The zero-order valence-electron chi connectivity index (χ0n) is 11.8. The molecule has 112 valence electrons. The van der Waals surface area contributed by atoms with E-state index in [0.29, 0.717) is 17.4 Å². The molecule has 0 radical (unpaired) electrons. The predicted octanol–water partition coefficient (Wildman–Crippen LogP) is 1.38. The molecule has 0 heterocycles. The topological polar surface area (TPSA) is 70.0 Å². The summed E-state index contributed by atoms with van der Waals surface area (Å²) < 4.78 is 5.07. The third-order valence-corrected chi connectivity index (χ3v) is 2.70. The lowest BCUT2D eigenvalue weighted by atomic mass is 10.1. The summed E-state index contributed by atoms with van der Waals surface area (Å²) in [5.74, 6) is 0. The molecule has 3 N–H and O–H groups in total. The van der Waals surface area contributed by atoms with Gasteiger partial charge in [0, 0.05) is 12.6 Å². The Morgan fingerprint density at radius 2 is 1.95 bits per heavy atom. The molecule has 0 amide bonds. The van der Waals surface area contributed by atoms with Crippen molar-refractivity contribution < 1.29 is 4.74 Å². The molecule has 8 heteroatoms. The van der Waals surface area contributed by atoms with E-state index in [1.807, 2.05) is 37.3 Å². The van der Waals surface area contributed by atoms with Crippen LogP contribution in [0.2, 0.25) is 0 Å². The summed E-state index contributed by atoms with van der Waals surface area (Å²) in [7, 11) is 1.71. The number of hydrazone groups is 2. The quantitative estimate of drug-likeness (QED) is 0.432. The van der Waals surface area contributed by atoms with E-state index in [9.17, 15) is 0 Å². The van der Waals surface area contributed by atoms with Crippen molar-refractivity contribution >= 4 is 46.6 Å². The van der Waals surface area contributed by atoms with Crippen LogP contribution in [0.1, 0.15) is 12.5 Å². The maximum Gasteiger partial charge on any atom is 0.277 e. The van der Waals surface area contributed by atoms with E-state index in [2.05, 4.69) is 26.4 Å². The van der Waals surface area contributed by atoms with Crippen LogP contribution in [0.3, 0.4) is 0 Å². The van der Waals surface area contributed by atoms with E-state index in [0.717, 1.165) is 5.56 Å². The molecule has 1 aromatic rings. The summed E-state index contributed by atoms with van der Waals surface area (Å²) in [6.07, 6.45) is 1.53. The third-order valence-electron chi connectivity index (χ3n) is 2.19. The second kappa shape index (κ2) is 9.78. The van der Waals surface area contributed by atoms with Gasteiger partial charge in [0.2, 0.25) is 0 Å². The van der Waals surface area contributed by atoms with E-state index >= 15 is 0 Å². The van der Waals surface area contributed by atoms with Gasteiger partial charge >= 0.3 is 0 Å². The SMILES string of the molecule is CCOC(=S)NN=CC(=NNC(=S)NC)c1ccccc1. The van der Waals surface area contributed by atoms with Gasteiger partial charge in [-0.15, -0.1) is 0 Å². The zero-order chi connectivity index (χ0) is 15.5. The van der Waals surface area contributed by atoms with Crippen molar-refractivity contribution in [1.29, 1.82) is 0 Å². The Kier molecular flexibility index (Phi) is 7.92. The van der Waals surface area contributed by atoms with Gasteiger partial charge in [-0.05, 0) is 31.4 Å². The molecule has 0 aliphatic heterocycles. The number of rotatable bonds is 5. The van der Waals surface area contributed by atoms with Crippen LogP contribution in [-0.2, 0) is 4.74 Å². The van der Waals surface area contributed by atoms with Crippen molar-refractivity contribution in [3.63, 3.8) is 0 Å². The van der Waals surface area contributed by atoms with Gasteiger partial charge in [0.05, 0.1) is 12.8 Å². The first-order valence-electron chi connectivity index (χ1n) is 6.24. The Morgan fingerprint density at radius 1 is 1.24 bits per heavy atom. The first-order valence-corrected chi connectivity index (χ1v) is 7.05. The summed E-state index contributed by atoms with van der Waals surface area (Å²) in [6, 6.07) is 9.57. The fraction of sp³-hybridized carbons (Fsp3) is 0.231. The van der Waals surface area contributed by atoms with Crippen LogP contribution in [-0.4, -0.2) is 35.9 Å². The zero-order valence-corrected chi connectivity index (χ0v) is 13.4. The maximum atomic E-state index is 5.07. The molecule has 1 rings (SSSR count). The van der Waals surface area contributed by atoms with E-state index in [4.69, 9.17) is 29.2 Å². The van der Waals surface area contributed by atoms with E-state index in [1.54, 1.807) is 7.05 Å². The van der Waals surface area contributed by atoms with Gasteiger partial charge in [-0.3, -0.25) is 5.43 Å². The number of hydrogen-bond donors (Lipinski definition) is 3. The molecule has 0 atom stereocenters. The molecule has 1 aromatic carbocycles. The first-order chi connectivity index (χ1) is 10.2. The number of benzene rings is 1. The standard InChI is InChI=1S/C13H17N5OS2/c1-3-19-13(21)18-15-9-11(16-17-12(20)14-2)10-7-5-4-6-8-10/h4-9H,3H2,1-2H3,(H,18,21)(H2,14,17,20). The lowest BCUT2D eigenvalue weighted by molar-refractivity contribution is 0.321. The van der Waals surface area contributed by atoms with Crippen molar-refractivity contribution in [2.45, 2.75) is 6.92 Å². The summed E-state index contributed by atoms with van der Waals surface area (Å²) in [6.45, 7) is 2.33. The number of hydrogen-bond acceptors (Lipinski definition) is 5. The third kappa shape index (κ3) is 6.77. The smallest absolute Gasteiger partial charge is 0.277 e. The van der Waals surface area contributed by atoms with Crippen LogP contribution in [0.25, 0.3) is 0 Å². The Bertz CT molecular complexity index is 531. The van der Waals surface area contributed by atoms with Crippen molar-refractivity contribution in [2.24, 2.45) is 10.2 Å². The number of nitrogens with zero attached hydrogens (tertiary/aromatic N) is 2. The molecule has 0 aliphatic carbocycles. The number of ether oxygens (including phenoxy) is 1. The van der Waals surface area contributed by atoms with Gasteiger partial charge in [0.15, 0.2) is 5.11 Å². The highest BCUT2D eigenvalue weighted by Gasteiger charge is 2.01. The van der Waals surface area contributed by atoms with E-state index in [-0.39, 0.29) is 5.17 Å². The van der Waals surface area contributed by atoms with Crippen molar-refractivity contribution in [2.75, 3.05) is 13.7 Å². The van der Waals surface area contributed by atoms with Crippen molar-refractivity contribution in [3.8, 4) is 0 Å². The molecule has 0 aliphatic rings. The van der Waals surface area contributed by atoms with Gasteiger partial charge in [-0.2, -0.15) is 10.2 Å². The highest BCUT2D eigenvalue weighted by atomic mass is 32.1. The Hall–Kier alpha value is -2.06. The molecule has 0 saturated heterocycles. The van der Waals surface area contributed by atoms with E-state index in [1.165, 1.54) is 6.21 Å². The highest BCUT2D eigenvalue weighted by molar-refractivity contribution is 7.80. The van der Waals surface area contributed by atoms with Crippen LogP contribution in [0.5, 0.6) is 0 Å². The first kappa shape index (κ1) is 17.0. The van der Waals surface area contributed by atoms with Gasteiger partial charge in [0.25, 0.3) is 5.17 Å². The van der Waals surface area contributed by atoms with Gasteiger partial charge in [-0.25, -0.2) is 5.43 Å². The number of nitrogens with one attached hydrogen (secondary N) is 3. The molecule has 0 spiro atoms. The van der Waals surface area contributed by atoms with Crippen LogP contribution < -0.4 is 16.2 Å². The van der Waals surface area contributed by atoms with Crippen LogP contribution in [0.15, 0.2) is 40.5 Å². The van der Waals surface area contributed by atoms with Crippen LogP contribution in [0.4, 0.5) is 0 Å². The Labute approximate surface area is 134 Å². The second-order valence-electron chi connectivity index (χ2n) is 3.64. The fourth-order valence-corrected chi connectivity index (χ4v) is 1.47. The monoisotopic (exact) mass is 323 g/mol. The van der Waals surface area contributed by atoms with Crippen molar-refractivity contribution in [3.05, 3.63) is 35.9 Å². The average Bonchev–Trinajstić information content (AvgIpc) is 2.51. The normalized spacial score (nSPS) is 11.0. The van der Waals surface area contributed by atoms with Gasteiger partial charge in [-0.1, -0.05) is 30.3 Å². The molecule has 0 fully saturated rings. The molecular weight excluding hydrogens is 306 g/mol. The Balaban J connectivity index is 2.80. The number of thiocarbonyl (C=S) groups is 2. The molecular formula is C13H17N5OS2. The molecule has 6 nitrogen and oxygen atoms in total. The molecule has 0 bridgehead atoms. The minimum absolute atomic E-state index is 0.208. The highest BCUT2D eigenvalue weighted by Crippen LogP contribution is 1.99. The lowest BCUT2D eigenvalue weighted by Crippen LogP contribution is -2.30. The van der Waals surface area contributed by atoms with Crippen LogP contribution in [0, 0.1) is 0 Å². The van der Waals surface area contributed by atoms with Gasteiger partial charge in [0.1, 0.15) is 5.71 Å². The minimum Gasteiger partial charge on any atom is -0.470 e. The largest absolute Gasteiger partial charge is 0.470 e. The van der Waals surface area contributed by atoms with Gasteiger partial charge < -0.3 is 10.1 Å². The molecule has 0 aromatic heterocycles. The molecule has 0 saturated carbocycles. The lowest BCUT2D eigenvalue weighted by Gasteiger charge is -2.05. The molecule has 21 heavy (non-hydrogen) atoms. The average molecular weight is 323 g/mol. The summed E-state index contributed by atoms with van der Waals surface area (Å²) in [5.41, 5.74) is 6.81. The van der Waals surface area contributed by atoms with E-state index < -0.39 is 0 Å². The summed E-state index contributed by atoms with van der Waals surface area (Å²) >= 11 is 9.90. The molecule has 0 unspecified atom stereocenters. The van der Waals surface area contributed by atoms with Crippen LogP contribution >= 0.6 is 24.4 Å². The maximum absolute atomic E-state index is 5.07. The summed E-state index contributed by atoms with van der Waals surface area (Å²) in [4.78, 5) is 0.